The van der Waals surface area contributed by atoms with Crippen molar-refractivity contribution in [1.82, 2.24) is 24.8 Å². The molecule has 2 N–H and O–H groups in total. The third kappa shape index (κ3) is 5.34. The molecule has 1 unspecified atom stereocenters. The van der Waals surface area contributed by atoms with E-state index in [9.17, 15) is 9.59 Å². The number of rotatable bonds is 7. The molecule has 1 fully saturated rings. The summed E-state index contributed by atoms with van der Waals surface area (Å²) in [6.45, 7) is 2.96. The zero-order valence-electron chi connectivity index (χ0n) is 23.0. The van der Waals surface area contributed by atoms with Crippen LogP contribution in [0.4, 0.5) is 9.52 Å². The lowest BCUT2D eigenvalue weighted by molar-refractivity contribution is -0.121. The van der Waals surface area contributed by atoms with E-state index in [-0.39, 0.29) is 24.9 Å². The Morgan fingerprint density at radius 2 is 1.95 bits per heavy atom. The number of piperidine rings is 1. The van der Waals surface area contributed by atoms with E-state index >= 15 is 4.39 Å². The molecule has 0 spiro atoms. The summed E-state index contributed by atoms with van der Waals surface area (Å²) in [5.41, 5.74) is 4.87. The summed E-state index contributed by atoms with van der Waals surface area (Å²) >= 11 is 1.30. The molecule has 2 aromatic heterocycles. The van der Waals surface area contributed by atoms with Crippen molar-refractivity contribution in [3.05, 3.63) is 88.2 Å². The lowest BCUT2D eigenvalue weighted by Gasteiger charge is -2.26. The maximum atomic E-state index is 15.6. The molecular weight excluding hydrogens is 575 g/mol. The molecular formula is C31H32ClFN6O2S. The molecule has 0 radical (unpaired) electrons. The lowest BCUT2D eigenvalue weighted by atomic mass is 9.90. The van der Waals surface area contributed by atoms with Gasteiger partial charge in [-0.05, 0) is 79.9 Å². The highest BCUT2D eigenvalue weighted by Gasteiger charge is 2.42. The van der Waals surface area contributed by atoms with Crippen LogP contribution in [0.5, 0.6) is 0 Å². The number of aryl methyl sites for hydroxylation is 1. The topological polar surface area (TPSA) is 92.2 Å². The van der Waals surface area contributed by atoms with Crippen LogP contribution in [-0.4, -0.2) is 44.3 Å². The number of carbonyl (C=O) groups excluding carboxylic acids is 2. The minimum Gasteiger partial charge on any atom is -0.334 e. The predicted molar refractivity (Wildman–Crippen MR) is 162 cm³/mol. The Kier molecular flexibility index (Phi) is 8.11. The number of carbonyl (C=O) groups is 2. The Labute approximate surface area is 253 Å². The molecule has 2 amide bonds. The highest BCUT2D eigenvalue weighted by Crippen LogP contribution is 2.38. The number of thiazole rings is 1. The van der Waals surface area contributed by atoms with Crippen molar-refractivity contribution in [2.45, 2.75) is 51.2 Å². The summed E-state index contributed by atoms with van der Waals surface area (Å²) in [6.07, 6.45) is 8.46. The summed E-state index contributed by atoms with van der Waals surface area (Å²) in [5.74, 6) is -0.538. The number of nitrogens with one attached hydrogen (secondary N) is 2. The van der Waals surface area contributed by atoms with Gasteiger partial charge in [-0.25, -0.2) is 14.4 Å². The highest BCUT2D eigenvalue weighted by atomic mass is 35.5. The van der Waals surface area contributed by atoms with Crippen molar-refractivity contribution >= 4 is 40.7 Å². The van der Waals surface area contributed by atoms with Gasteiger partial charge < -0.3 is 14.8 Å². The van der Waals surface area contributed by atoms with E-state index < -0.39 is 17.8 Å². The fourth-order valence-corrected chi connectivity index (χ4v) is 6.95. The first-order valence-corrected chi connectivity index (χ1v) is 15.1. The normalized spacial score (nSPS) is 17.1. The van der Waals surface area contributed by atoms with Crippen molar-refractivity contribution < 1.29 is 14.0 Å². The van der Waals surface area contributed by atoms with Crippen LogP contribution in [0, 0.1) is 11.7 Å². The predicted octanol–water partition coefficient (Wildman–Crippen LogP) is 5.39. The summed E-state index contributed by atoms with van der Waals surface area (Å²) in [4.78, 5) is 37.7. The van der Waals surface area contributed by atoms with E-state index in [4.69, 9.17) is 0 Å². The van der Waals surface area contributed by atoms with Crippen molar-refractivity contribution in [3.63, 3.8) is 0 Å². The maximum absolute atomic E-state index is 15.6. The SMILES string of the molecule is Cl.O=C(Nc1nccs1)C(c1ncn2c1CCC2)N1Cc2c(F)cc(-c3ccc(CC4CCNCC4)cc3)cc2C1=O. The number of halogens is 2. The van der Waals surface area contributed by atoms with E-state index in [1.54, 1.807) is 24.0 Å². The molecule has 218 valence electrons. The zero-order chi connectivity index (χ0) is 27.9. The van der Waals surface area contributed by atoms with Gasteiger partial charge >= 0.3 is 0 Å². The molecule has 1 saturated heterocycles. The van der Waals surface area contributed by atoms with Crippen molar-refractivity contribution in [1.29, 1.82) is 0 Å². The van der Waals surface area contributed by atoms with E-state index in [1.807, 2.05) is 16.7 Å². The van der Waals surface area contributed by atoms with Crippen molar-refractivity contribution in [3.8, 4) is 11.1 Å². The van der Waals surface area contributed by atoms with Gasteiger partial charge in [0.1, 0.15) is 5.82 Å². The van der Waals surface area contributed by atoms with Crippen LogP contribution in [0.2, 0.25) is 0 Å². The molecule has 0 bridgehead atoms. The Hall–Kier alpha value is -3.60. The molecule has 0 saturated carbocycles. The Morgan fingerprint density at radius 1 is 1.14 bits per heavy atom. The first-order valence-electron chi connectivity index (χ1n) is 14.2. The van der Waals surface area contributed by atoms with Crippen LogP contribution in [0.1, 0.15) is 58.2 Å². The van der Waals surface area contributed by atoms with E-state index in [2.05, 4.69) is 32.7 Å². The van der Waals surface area contributed by atoms with Crippen LogP contribution in [-0.2, 0) is 30.7 Å². The number of aromatic nitrogens is 3. The number of imidazole rings is 1. The minimum atomic E-state index is -0.995. The number of amides is 2. The smallest absolute Gasteiger partial charge is 0.255 e. The Bertz CT molecular complexity index is 1600. The molecule has 3 aliphatic rings. The third-order valence-electron chi connectivity index (χ3n) is 8.56. The number of nitrogens with zero attached hydrogens (tertiary/aromatic N) is 4. The van der Waals surface area contributed by atoms with Gasteiger partial charge in [0.2, 0.25) is 0 Å². The minimum absolute atomic E-state index is 0. The molecule has 3 aliphatic heterocycles. The fourth-order valence-electron chi connectivity index (χ4n) is 6.42. The molecule has 2 aromatic carbocycles. The molecule has 11 heteroatoms. The zero-order valence-corrected chi connectivity index (χ0v) is 24.6. The van der Waals surface area contributed by atoms with E-state index in [0.717, 1.165) is 50.2 Å². The van der Waals surface area contributed by atoms with Gasteiger partial charge in [0.05, 0.1) is 18.6 Å². The molecule has 1 atom stereocenters. The van der Waals surface area contributed by atoms with Crippen LogP contribution < -0.4 is 10.6 Å². The molecule has 42 heavy (non-hydrogen) atoms. The van der Waals surface area contributed by atoms with E-state index in [0.29, 0.717) is 33.4 Å². The second-order valence-electron chi connectivity index (χ2n) is 11.1. The average Bonchev–Trinajstić information content (AvgIpc) is 3.78. The van der Waals surface area contributed by atoms with Crippen molar-refractivity contribution in [2.75, 3.05) is 18.4 Å². The fraction of sp³-hybridized carbons (Fsp3) is 0.355. The second kappa shape index (κ2) is 11.9. The first-order chi connectivity index (χ1) is 20.0. The monoisotopic (exact) mass is 606 g/mol. The molecule has 8 nitrogen and oxygen atoms in total. The van der Waals surface area contributed by atoms with Gasteiger partial charge in [-0.15, -0.1) is 23.7 Å². The number of hydrogen-bond acceptors (Lipinski definition) is 6. The van der Waals surface area contributed by atoms with Crippen LogP contribution in [0.3, 0.4) is 0 Å². The summed E-state index contributed by atoms with van der Waals surface area (Å²) in [5, 5.41) is 8.46. The second-order valence-corrected chi connectivity index (χ2v) is 12.0. The van der Waals surface area contributed by atoms with Crippen molar-refractivity contribution in [2.24, 2.45) is 5.92 Å². The summed E-state index contributed by atoms with van der Waals surface area (Å²) in [7, 11) is 0. The van der Waals surface area contributed by atoms with Crippen LogP contribution in [0.25, 0.3) is 11.1 Å². The van der Waals surface area contributed by atoms with Crippen LogP contribution >= 0.6 is 23.7 Å². The highest BCUT2D eigenvalue weighted by molar-refractivity contribution is 7.13. The number of hydrogen-bond donors (Lipinski definition) is 2. The van der Waals surface area contributed by atoms with Gasteiger partial charge in [-0.1, -0.05) is 24.3 Å². The molecule has 7 rings (SSSR count). The van der Waals surface area contributed by atoms with Gasteiger partial charge in [-0.3, -0.25) is 14.9 Å². The quantitative estimate of drug-likeness (QED) is 0.294. The number of anilines is 1. The molecule has 0 aliphatic carbocycles. The summed E-state index contributed by atoms with van der Waals surface area (Å²) in [6, 6.07) is 10.5. The standard InChI is InChI=1S/C31H31FN6O2S.ClH/c32-25-16-22(21-5-3-19(4-6-21)14-20-7-9-33-10-8-20)15-23-24(25)17-38(30(23)40)28(29(39)36-31-34-11-13-41-31)27-26-2-1-12-37(26)18-35-27;/h3-6,11,13,15-16,18,20,28,33H,1-2,7-10,12,14,17H2,(H,34,36,39);1H. The average molecular weight is 607 g/mol. The summed E-state index contributed by atoms with van der Waals surface area (Å²) < 4.78 is 17.6. The Balaban J connectivity index is 0.00000316. The molecule has 5 heterocycles. The van der Waals surface area contributed by atoms with E-state index in [1.165, 1.54) is 40.7 Å². The van der Waals surface area contributed by atoms with Gasteiger partial charge in [0, 0.05) is 34.9 Å². The van der Waals surface area contributed by atoms with Gasteiger partial charge in [-0.2, -0.15) is 0 Å². The lowest BCUT2D eigenvalue weighted by Crippen LogP contribution is -2.38. The first kappa shape index (κ1) is 28.5. The number of fused-ring (bicyclic) bond motifs is 2. The molecule has 4 aromatic rings. The maximum Gasteiger partial charge on any atom is 0.255 e. The Morgan fingerprint density at radius 3 is 2.71 bits per heavy atom. The van der Waals surface area contributed by atoms with Crippen LogP contribution in [0.15, 0.2) is 54.3 Å². The third-order valence-corrected chi connectivity index (χ3v) is 9.25. The van der Waals surface area contributed by atoms with Gasteiger partial charge in [0.15, 0.2) is 11.2 Å². The van der Waals surface area contributed by atoms with Gasteiger partial charge in [0.25, 0.3) is 11.8 Å². The largest absolute Gasteiger partial charge is 0.334 e. The number of benzene rings is 2.